The molecule has 0 bridgehead atoms. The van der Waals surface area contributed by atoms with Crippen LogP contribution in [0.1, 0.15) is 34.5 Å². The molecule has 3 aromatic rings. The van der Waals surface area contributed by atoms with E-state index in [2.05, 4.69) is 15.8 Å². The molecule has 0 spiro atoms. The largest absolute Gasteiger partial charge is 0.480 e. The van der Waals surface area contributed by atoms with Crippen molar-refractivity contribution in [1.29, 1.82) is 0 Å². The number of aliphatic carboxylic acids is 1. The number of ether oxygens (including phenoxy) is 1. The highest BCUT2D eigenvalue weighted by molar-refractivity contribution is 5.96. The third-order valence-electron chi connectivity index (χ3n) is 5.35. The summed E-state index contributed by atoms with van der Waals surface area (Å²) in [5, 5.41) is 26.5. The molecular weight excluding hydrogens is 430 g/mol. The van der Waals surface area contributed by atoms with E-state index in [1.807, 2.05) is 48.5 Å². The van der Waals surface area contributed by atoms with E-state index in [1.54, 1.807) is 0 Å². The lowest BCUT2D eigenvalue weighted by atomic mass is 9.98. The molecule has 1 aromatic heterocycles. The van der Waals surface area contributed by atoms with Crippen LogP contribution in [0.15, 0.2) is 59.1 Å². The predicted octanol–water partition coefficient (Wildman–Crippen LogP) is 2.60. The van der Waals surface area contributed by atoms with Gasteiger partial charge in [-0.3, -0.25) is 10.1 Å². The molecule has 0 saturated heterocycles. The molecule has 0 radical (unpaired) electrons. The molecule has 170 valence electrons. The van der Waals surface area contributed by atoms with E-state index in [4.69, 9.17) is 14.4 Å². The average Bonchev–Trinajstić information content (AvgIpc) is 3.38. The van der Waals surface area contributed by atoms with Crippen LogP contribution in [0.4, 0.5) is 10.7 Å². The fraction of sp³-hybridized carbons (Fsp3) is 0.217. The Morgan fingerprint density at radius 1 is 1.09 bits per heavy atom. The SMILES string of the molecule is CC(O)C(NC(=O)c1cc(NC(=O)OCC2c3ccccc3-c3ccccc32)on1)C(=O)O. The topological polar surface area (TPSA) is 151 Å². The minimum atomic E-state index is -1.52. The summed E-state index contributed by atoms with van der Waals surface area (Å²) in [6.07, 6.45) is -2.12. The van der Waals surface area contributed by atoms with E-state index in [-0.39, 0.29) is 24.1 Å². The van der Waals surface area contributed by atoms with Gasteiger partial charge in [-0.25, -0.2) is 9.59 Å². The number of aromatic nitrogens is 1. The van der Waals surface area contributed by atoms with Gasteiger partial charge >= 0.3 is 12.1 Å². The van der Waals surface area contributed by atoms with Gasteiger partial charge < -0.3 is 24.8 Å². The van der Waals surface area contributed by atoms with Crippen molar-refractivity contribution in [2.24, 2.45) is 0 Å². The number of carbonyl (C=O) groups is 3. The van der Waals surface area contributed by atoms with E-state index in [0.29, 0.717) is 0 Å². The zero-order valence-corrected chi connectivity index (χ0v) is 17.5. The maximum Gasteiger partial charge on any atom is 0.414 e. The average molecular weight is 451 g/mol. The molecule has 0 aliphatic heterocycles. The number of hydrogen-bond donors (Lipinski definition) is 4. The van der Waals surface area contributed by atoms with Crippen LogP contribution in [0.3, 0.4) is 0 Å². The molecular formula is C23H21N3O7. The summed E-state index contributed by atoms with van der Waals surface area (Å²) in [5.41, 5.74) is 4.07. The smallest absolute Gasteiger partial charge is 0.414 e. The number of nitrogens with one attached hydrogen (secondary N) is 2. The van der Waals surface area contributed by atoms with Crippen LogP contribution in [-0.4, -0.2) is 52.1 Å². The Morgan fingerprint density at radius 2 is 1.70 bits per heavy atom. The number of fused-ring (bicyclic) bond motifs is 3. The summed E-state index contributed by atoms with van der Waals surface area (Å²) in [4.78, 5) is 35.5. The first-order valence-electron chi connectivity index (χ1n) is 10.2. The van der Waals surface area contributed by atoms with Crippen molar-refractivity contribution >= 4 is 23.9 Å². The van der Waals surface area contributed by atoms with Crippen LogP contribution in [0.2, 0.25) is 0 Å². The van der Waals surface area contributed by atoms with Crippen LogP contribution in [-0.2, 0) is 9.53 Å². The van der Waals surface area contributed by atoms with E-state index in [1.165, 1.54) is 6.92 Å². The van der Waals surface area contributed by atoms with Crippen LogP contribution in [0.5, 0.6) is 0 Å². The van der Waals surface area contributed by atoms with Gasteiger partial charge in [-0.15, -0.1) is 0 Å². The van der Waals surface area contributed by atoms with E-state index in [0.717, 1.165) is 28.3 Å². The molecule has 2 atom stereocenters. The zero-order valence-electron chi connectivity index (χ0n) is 17.5. The zero-order chi connectivity index (χ0) is 23.5. The maximum absolute atomic E-state index is 12.3. The second kappa shape index (κ2) is 9.13. The predicted molar refractivity (Wildman–Crippen MR) is 116 cm³/mol. The van der Waals surface area contributed by atoms with Crippen LogP contribution in [0.25, 0.3) is 11.1 Å². The first kappa shape index (κ1) is 22.0. The molecule has 1 aliphatic carbocycles. The summed E-state index contributed by atoms with van der Waals surface area (Å²) in [6.45, 7) is 1.32. The number of hydrogen-bond acceptors (Lipinski definition) is 7. The highest BCUT2D eigenvalue weighted by Gasteiger charge is 2.30. The monoisotopic (exact) mass is 451 g/mol. The summed E-state index contributed by atoms with van der Waals surface area (Å²) in [6, 6.07) is 15.5. The molecule has 2 aromatic carbocycles. The van der Waals surface area contributed by atoms with Crippen molar-refractivity contribution in [3.05, 3.63) is 71.4 Å². The third kappa shape index (κ3) is 4.55. The van der Waals surface area contributed by atoms with E-state index >= 15 is 0 Å². The second-order valence-electron chi connectivity index (χ2n) is 7.56. The van der Waals surface area contributed by atoms with E-state index in [9.17, 15) is 19.5 Å². The normalized spacial score (nSPS) is 14.0. The highest BCUT2D eigenvalue weighted by Crippen LogP contribution is 2.44. The van der Waals surface area contributed by atoms with Crippen molar-refractivity contribution in [2.75, 3.05) is 11.9 Å². The summed E-state index contributed by atoms with van der Waals surface area (Å²) in [5.74, 6) is -2.56. The summed E-state index contributed by atoms with van der Waals surface area (Å²) in [7, 11) is 0. The van der Waals surface area contributed by atoms with Gasteiger partial charge in [-0.1, -0.05) is 53.7 Å². The lowest BCUT2D eigenvalue weighted by molar-refractivity contribution is -0.141. The Balaban J connectivity index is 1.37. The van der Waals surface area contributed by atoms with Gasteiger partial charge in [0.05, 0.1) is 6.10 Å². The Hall–Kier alpha value is -4.18. The molecule has 4 N–H and O–H groups in total. The third-order valence-corrected chi connectivity index (χ3v) is 5.35. The van der Waals surface area contributed by atoms with Crippen molar-refractivity contribution in [3.63, 3.8) is 0 Å². The Labute approximate surface area is 188 Å². The minimum Gasteiger partial charge on any atom is -0.480 e. The number of benzene rings is 2. The molecule has 1 heterocycles. The fourth-order valence-electron chi connectivity index (χ4n) is 3.78. The number of anilines is 1. The molecule has 2 unspecified atom stereocenters. The lowest BCUT2D eigenvalue weighted by Gasteiger charge is -2.15. The van der Waals surface area contributed by atoms with Crippen molar-refractivity contribution < 1.29 is 33.9 Å². The standard InChI is InChI=1S/C23H21N3O7/c1-12(27)20(22(29)30)25-21(28)18-10-19(33-26-18)24-23(31)32-11-17-15-8-4-2-6-13(15)14-7-3-5-9-16(14)17/h2-10,12,17,20,27H,11H2,1H3,(H,24,31)(H,25,28)(H,29,30). The summed E-state index contributed by atoms with van der Waals surface area (Å²) < 4.78 is 10.3. The molecule has 0 fully saturated rings. The molecule has 4 rings (SSSR count). The quantitative estimate of drug-likeness (QED) is 0.428. The maximum atomic E-state index is 12.3. The number of rotatable bonds is 7. The van der Waals surface area contributed by atoms with Crippen LogP contribution in [0, 0.1) is 0 Å². The van der Waals surface area contributed by atoms with E-state index < -0.39 is 30.1 Å². The second-order valence-corrected chi connectivity index (χ2v) is 7.56. The number of carbonyl (C=O) groups excluding carboxylic acids is 2. The van der Waals surface area contributed by atoms with Crippen molar-refractivity contribution in [1.82, 2.24) is 10.5 Å². The number of aliphatic hydroxyl groups is 1. The van der Waals surface area contributed by atoms with Crippen LogP contribution < -0.4 is 10.6 Å². The molecule has 10 heteroatoms. The van der Waals surface area contributed by atoms with Crippen LogP contribution >= 0.6 is 0 Å². The number of carboxylic acid groups (broad SMARTS) is 1. The molecule has 0 saturated carbocycles. The Morgan fingerprint density at radius 3 is 2.27 bits per heavy atom. The van der Waals surface area contributed by atoms with Gasteiger partial charge in [0.1, 0.15) is 6.61 Å². The van der Waals surface area contributed by atoms with Gasteiger partial charge in [0.2, 0.25) is 5.88 Å². The first-order valence-corrected chi connectivity index (χ1v) is 10.2. The van der Waals surface area contributed by atoms with Gasteiger partial charge in [0.25, 0.3) is 5.91 Å². The number of carboxylic acids is 1. The molecule has 2 amide bonds. The number of aliphatic hydroxyl groups excluding tert-OH is 1. The van der Waals surface area contributed by atoms with Gasteiger partial charge in [-0.2, -0.15) is 0 Å². The fourth-order valence-corrected chi connectivity index (χ4v) is 3.78. The van der Waals surface area contributed by atoms with Gasteiger partial charge in [0, 0.05) is 12.0 Å². The first-order chi connectivity index (χ1) is 15.8. The van der Waals surface area contributed by atoms with Gasteiger partial charge in [0.15, 0.2) is 11.7 Å². The van der Waals surface area contributed by atoms with Gasteiger partial charge in [-0.05, 0) is 29.2 Å². The molecule has 33 heavy (non-hydrogen) atoms. The molecule has 1 aliphatic rings. The van der Waals surface area contributed by atoms with Crippen molar-refractivity contribution in [2.45, 2.75) is 25.0 Å². The number of amides is 2. The minimum absolute atomic E-state index is 0.0933. The number of nitrogens with zero attached hydrogens (tertiary/aromatic N) is 1. The van der Waals surface area contributed by atoms with Crippen molar-refractivity contribution in [3.8, 4) is 11.1 Å². The summed E-state index contributed by atoms with van der Waals surface area (Å²) >= 11 is 0. The Bertz CT molecular complexity index is 1160. The lowest BCUT2D eigenvalue weighted by Crippen LogP contribution is -2.47. The highest BCUT2D eigenvalue weighted by atomic mass is 16.6. The molecule has 10 nitrogen and oxygen atoms in total. The Kier molecular flexibility index (Phi) is 6.09.